The number of anilines is 1. The first-order chi connectivity index (χ1) is 13.7. The zero-order chi connectivity index (χ0) is 20.6. The van der Waals surface area contributed by atoms with Crippen molar-refractivity contribution in [3.8, 4) is 11.5 Å². The molecule has 10 heteroatoms. The molecule has 0 unspecified atom stereocenters. The summed E-state index contributed by atoms with van der Waals surface area (Å²) in [7, 11) is -4.14. The van der Waals surface area contributed by atoms with E-state index in [0.717, 1.165) is 12.1 Å². The number of hydrogen-bond donors (Lipinski definition) is 1. The van der Waals surface area contributed by atoms with E-state index >= 15 is 0 Å². The number of rotatable bonds is 4. The fraction of sp³-hybridized carbons (Fsp3) is 0.0526. The van der Waals surface area contributed by atoms with Gasteiger partial charge in [0, 0.05) is 6.20 Å². The van der Waals surface area contributed by atoms with Crippen molar-refractivity contribution >= 4 is 26.9 Å². The van der Waals surface area contributed by atoms with Crippen molar-refractivity contribution in [2.75, 3.05) is 4.72 Å². The van der Waals surface area contributed by atoms with Crippen LogP contribution in [0.4, 0.5) is 18.9 Å². The molecule has 1 N–H and O–H groups in total. The molecule has 2 aromatic heterocycles. The first-order valence-corrected chi connectivity index (χ1v) is 9.73. The molecule has 0 atom stereocenters. The molecule has 0 aliphatic carbocycles. The Morgan fingerprint density at radius 1 is 0.931 bits per heavy atom. The van der Waals surface area contributed by atoms with E-state index in [1.165, 1.54) is 12.3 Å². The van der Waals surface area contributed by atoms with Gasteiger partial charge in [-0.2, -0.15) is 13.2 Å². The lowest BCUT2D eigenvalue weighted by Gasteiger charge is -2.12. The molecule has 0 radical (unpaired) electrons. The maximum Gasteiger partial charge on any atom is 0.416 e. The highest BCUT2D eigenvalue weighted by atomic mass is 32.2. The van der Waals surface area contributed by atoms with Crippen LogP contribution in [0.5, 0.6) is 0 Å². The average molecular weight is 419 g/mol. The Kier molecular flexibility index (Phi) is 4.50. The Morgan fingerprint density at radius 3 is 2.34 bits per heavy atom. The van der Waals surface area contributed by atoms with Crippen molar-refractivity contribution in [1.82, 2.24) is 9.97 Å². The maximum atomic E-state index is 12.7. The number of benzene rings is 2. The number of pyridine rings is 1. The molecule has 0 amide bonds. The summed E-state index contributed by atoms with van der Waals surface area (Å²) in [4.78, 5) is 8.04. The van der Waals surface area contributed by atoms with Gasteiger partial charge in [0.25, 0.3) is 10.0 Å². The van der Waals surface area contributed by atoms with Crippen molar-refractivity contribution in [2.24, 2.45) is 0 Å². The van der Waals surface area contributed by atoms with E-state index in [-0.39, 0.29) is 16.5 Å². The van der Waals surface area contributed by atoms with Crippen molar-refractivity contribution in [3.63, 3.8) is 0 Å². The first kappa shape index (κ1) is 18.9. The predicted octanol–water partition coefficient (Wildman–Crippen LogP) is 4.71. The predicted molar refractivity (Wildman–Crippen MR) is 99.5 cm³/mol. The van der Waals surface area contributed by atoms with Gasteiger partial charge in [-0.15, -0.1) is 0 Å². The summed E-state index contributed by atoms with van der Waals surface area (Å²) in [5.74, 6) is 0.157. The van der Waals surface area contributed by atoms with Crippen LogP contribution in [0.3, 0.4) is 0 Å². The maximum absolute atomic E-state index is 12.7. The number of halogens is 3. The summed E-state index contributed by atoms with van der Waals surface area (Å²) < 4.78 is 71.4. The van der Waals surface area contributed by atoms with Crippen LogP contribution in [0.2, 0.25) is 0 Å². The molecule has 0 fully saturated rings. The topological polar surface area (TPSA) is 85.1 Å². The molecule has 0 spiro atoms. The van der Waals surface area contributed by atoms with Gasteiger partial charge in [-0.1, -0.05) is 12.1 Å². The number of fused-ring (bicyclic) bond motifs is 1. The Morgan fingerprint density at radius 2 is 1.66 bits per heavy atom. The number of nitrogens with one attached hydrogen (secondary N) is 1. The zero-order valence-corrected chi connectivity index (χ0v) is 15.3. The highest BCUT2D eigenvalue weighted by Crippen LogP contribution is 2.32. The lowest BCUT2D eigenvalue weighted by molar-refractivity contribution is -0.137. The second kappa shape index (κ2) is 6.89. The van der Waals surface area contributed by atoms with E-state index in [1.807, 2.05) is 0 Å². The van der Waals surface area contributed by atoms with Gasteiger partial charge in [0.15, 0.2) is 0 Å². The molecule has 0 saturated carbocycles. The average Bonchev–Trinajstić information content (AvgIpc) is 3.11. The molecule has 0 bridgehead atoms. The summed E-state index contributed by atoms with van der Waals surface area (Å²) in [5.41, 5.74) is 0.390. The van der Waals surface area contributed by atoms with Gasteiger partial charge in [-0.3, -0.25) is 4.72 Å². The molecule has 29 heavy (non-hydrogen) atoms. The third kappa shape index (κ3) is 3.79. The summed E-state index contributed by atoms with van der Waals surface area (Å²) in [6, 6.07) is 13.0. The molecule has 0 aliphatic rings. The molecule has 148 valence electrons. The molecule has 6 nitrogen and oxygen atoms in total. The molecular weight excluding hydrogens is 407 g/mol. The van der Waals surface area contributed by atoms with E-state index < -0.39 is 21.8 Å². The quantitative estimate of drug-likeness (QED) is 0.518. The summed E-state index contributed by atoms with van der Waals surface area (Å²) in [6.07, 6.45) is -3.01. The van der Waals surface area contributed by atoms with Gasteiger partial charge in [0.1, 0.15) is 5.52 Å². The fourth-order valence-electron chi connectivity index (χ4n) is 2.67. The number of nitrogens with zero attached hydrogens (tertiary/aromatic N) is 2. The van der Waals surface area contributed by atoms with E-state index in [4.69, 9.17) is 4.42 Å². The molecule has 4 rings (SSSR count). The Balaban J connectivity index is 1.69. The minimum atomic E-state index is -4.55. The van der Waals surface area contributed by atoms with Crippen LogP contribution < -0.4 is 4.72 Å². The molecule has 0 saturated heterocycles. The highest BCUT2D eigenvalue weighted by molar-refractivity contribution is 7.92. The number of alkyl halides is 3. The van der Waals surface area contributed by atoms with Gasteiger partial charge in [-0.05, 0) is 48.5 Å². The lowest BCUT2D eigenvalue weighted by atomic mass is 10.2. The third-order valence-electron chi connectivity index (χ3n) is 4.06. The fourth-order valence-corrected chi connectivity index (χ4v) is 3.75. The molecule has 2 aromatic carbocycles. The monoisotopic (exact) mass is 419 g/mol. The Bertz CT molecular complexity index is 1250. The van der Waals surface area contributed by atoms with Crippen molar-refractivity contribution < 1.29 is 26.0 Å². The SMILES string of the molecule is O=S(=O)(Nc1ccccc1-c1nc2cccnc2o1)c1ccc(C(F)(F)F)cc1. The number of para-hydroxylation sites is 1. The molecule has 2 heterocycles. The number of aromatic nitrogens is 2. The van der Waals surface area contributed by atoms with Gasteiger partial charge >= 0.3 is 6.18 Å². The van der Waals surface area contributed by atoms with Crippen LogP contribution >= 0.6 is 0 Å². The zero-order valence-electron chi connectivity index (χ0n) is 14.5. The Labute approximate surface area is 163 Å². The van der Waals surface area contributed by atoms with Crippen LogP contribution in [0.25, 0.3) is 22.7 Å². The molecular formula is C19H12F3N3O3S. The van der Waals surface area contributed by atoms with Gasteiger partial charge in [-0.25, -0.2) is 18.4 Å². The number of oxazole rings is 1. The summed E-state index contributed by atoms with van der Waals surface area (Å²) >= 11 is 0. The smallest absolute Gasteiger partial charge is 0.416 e. The van der Waals surface area contributed by atoms with Crippen molar-refractivity contribution in [2.45, 2.75) is 11.1 Å². The van der Waals surface area contributed by atoms with Crippen molar-refractivity contribution in [1.29, 1.82) is 0 Å². The van der Waals surface area contributed by atoms with E-state index in [1.54, 1.807) is 30.3 Å². The standard InChI is InChI=1S/C19H12F3N3O3S/c20-19(21,22)12-7-9-13(10-8-12)29(26,27)25-15-5-2-1-4-14(15)17-24-16-6-3-11-23-18(16)28-17/h1-11,25H. The first-order valence-electron chi connectivity index (χ1n) is 8.25. The van der Waals surface area contributed by atoms with E-state index in [2.05, 4.69) is 14.7 Å². The van der Waals surface area contributed by atoms with Gasteiger partial charge in [0.05, 0.1) is 21.7 Å². The van der Waals surface area contributed by atoms with Crippen LogP contribution in [0.15, 0.2) is 76.2 Å². The van der Waals surface area contributed by atoms with Crippen LogP contribution in [-0.2, 0) is 16.2 Å². The second-order valence-electron chi connectivity index (χ2n) is 6.02. The summed E-state index contributed by atoms with van der Waals surface area (Å²) in [5, 5.41) is 0. The number of sulfonamides is 1. The van der Waals surface area contributed by atoms with Crippen LogP contribution in [0, 0.1) is 0 Å². The second-order valence-corrected chi connectivity index (χ2v) is 7.70. The van der Waals surface area contributed by atoms with Crippen LogP contribution in [0.1, 0.15) is 5.56 Å². The highest BCUT2D eigenvalue weighted by Gasteiger charge is 2.30. The minimum Gasteiger partial charge on any atom is -0.418 e. The normalized spacial score (nSPS) is 12.2. The molecule has 0 aliphatic heterocycles. The van der Waals surface area contributed by atoms with Crippen LogP contribution in [-0.4, -0.2) is 18.4 Å². The lowest BCUT2D eigenvalue weighted by Crippen LogP contribution is -2.14. The van der Waals surface area contributed by atoms with Crippen molar-refractivity contribution in [3.05, 3.63) is 72.4 Å². The largest absolute Gasteiger partial charge is 0.418 e. The van der Waals surface area contributed by atoms with E-state index in [9.17, 15) is 21.6 Å². The van der Waals surface area contributed by atoms with E-state index in [0.29, 0.717) is 28.9 Å². The van der Waals surface area contributed by atoms with Gasteiger partial charge < -0.3 is 4.42 Å². The summed E-state index contributed by atoms with van der Waals surface area (Å²) in [6.45, 7) is 0. The third-order valence-corrected chi connectivity index (χ3v) is 5.44. The number of hydrogen-bond acceptors (Lipinski definition) is 5. The Hall–Kier alpha value is -3.40. The minimum absolute atomic E-state index is 0.157. The van der Waals surface area contributed by atoms with Gasteiger partial charge in [0.2, 0.25) is 11.6 Å². The molecule has 4 aromatic rings.